The third-order valence-corrected chi connectivity index (χ3v) is 3.80. The Kier molecular flexibility index (Phi) is 3.59. The Balaban J connectivity index is 2.12. The van der Waals surface area contributed by atoms with Crippen molar-refractivity contribution in [2.24, 2.45) is 5.92 Å². The molecule has 1 nitrogen and oxygen atoms in total. The van der Waals surface area contributed by atoms with Gasteiger partial charge in [-0.1, -0.05) is 26.0 Å². The molecule has 0 aliphatic heterocycles. The molecule has 1 aliphatic rings. The normalized spacial score (nSPS) is 29.6. The van der Waals surface area contributed by atoms with Crippen molar-refractivity contribution in [2.45, 2.75) is 38.6 Å². The molecule has 0 bridgehead atoms. The molecule has 1 aromatic carbocycles. The van der Waals surface area contributed by atoms with Gasteiger partial charge in [0.2, 0.25) is 0 Å². The number of hydrogen-bond acceptors (Lipinski definition) is 1. The fourth-order valence-electron chi connectivity index (χ4n) is 2.92. The number of hydrogen-bond donors (Lipinski definition) is 1. The van der Waals surface area contributed by atoms with Crippen LogP contribution in [-0.2, 0) is 0 Å². The maximum absolute atomic E-state index is 13.2. The van der Waals surface area contributed by atoms with Gasteiger partial charge in [0.1, 0.15) is 5.82 Å². The lowest BCUT2D eigenvalue weighted by Crippen LogP contribution is -2.32. The Morgan fingerprint density at radius 1 is 1.38 bits per heavy atom. The van der Waals surface area contributed by atoms with Crippen molar-refractivity contribution in [1.29, 1.82) is 0 Å². The summed E-state index contributed by atoms with van der Waals surface area (Å²) in [6.45, 7) is 5.43. The first-order valence-corrected chi connectivity index (χ1v) is 6.21. The van der Waals surface area contributed by atoms with Crippen LogP contribution in [0.15, 0.2) is 24.3 Å². The van der Waals surface area contributed by atoms with Gasteiger partial charge >= 0.3 is 0 Å². The van der Waals surface area contributed by atoms with Crippen LogP contribution in [0.2, 0.25) is 0 Å². The minimum absolute atomic E-state index is 0.114. The third kappa shape index (κ3) is 2.27. The molecule has 0 saturated heterocycles. The SMILES string of the molecule is CCNC1CCC(c2cccc(F)c2)C1C. The Morgan fingerprint density at radius 2 is 2.19 bits per heavy atom. The first kappa shape index (κ1) is 11.6. The minimum atomic E-state index is -0.114. The van der Waals surface area contributed by atoms with Crippen LogP contribution < -0.4 is 5.32 Å². The molecule has 2 heteroatoms. The van der Waals surface area contributed by atoms with Crippen molar-refractivity contribution in [3.8, 4) is 0 Å². The maximum Gasteiger partial charge on any atom is 0.123 e. The topological polar surface area (TPSA) is 12.0 Å². The minimum Gasteiger partial charge on any atom is -0.314 e. The molecular weight excluding hydrogens is 201 g/mol. The molecule has 16 heavy (non-hydrogen) atoms. The lowest BCUT2D eigenvalue weighted by atomic mass is 9.89. The molecular formula is C14H20FN. The summed E-state index contributed by atoms with van der Waals surface area (Å²) in [5, 5.41) is 3.51. The molecule has 1 fully saturated rings. The molecule has 3 unspecified atom stereocenters. The molecule has 0 amide bonds. The zero-order valence-electron chi connectivity index (χ0n) is 10.0. The van der Waals surface area contributed by atoms with Crippen LogP contribution in [0, 0.1) is 11.7 Å². The smallest absolute Gasteiger partial charge is 0.123 e. The summed E-state index contributed by atoms with van der Waals surface area (Å²) < 4.78 is 13.2. The van der Waals surface area contributed by atoms with E-state index in [1.165, 1.54) is 18.9 Å². The molecule has 3 atom stereocenters. The zero-order valence-corrected chi connectivity index (χ0v) is 10.0. The highest BCUT2D eigenvalue weighted by Gasteiger charge is 2.32. The van der Waals surface area contributed by atoms with Crippen LogP contribution in [0.5, 0.6) is 0 Å². The average molecular weight is 221 g/mol. The molecule has 0 aromatic heterocycles. The van der Waals surface area contributed by atoms with Gasteiger partial charge in [-0.15, -0.1) is 0 Å². The molecule has 1 aromatic rings. The van der Waals surface area contributed by atoms with Crippen molar-refractivity contribution in [1.82, 2.24) is 5.32 Å². The van der Waals surface area contributed by atoms with Crippen molar-refractivity contribution in [3.05, 3.63) is 35.6 Å². The van der Waals surface area contributed by atoms with Gasteiger partial charge in [-0.3, -0.25) is 0 Å². The second-order valence-electron chi connectivity index (χ2n) is 4.76. The monoisotopic (exact) mass is 221 g/mol. The van der Waals surface area contributed by atoms with E-state index in [0.29, 0.717) is 17.9 Å². The maximum atomic E-state index is 13.2. The summed E-state index contributed by atoms with van der Waals surface area (Å²) in [7, 11) is 0. The molecule has 0 heterocycles. The summed E-state index contributed by atoms with van der Waals surface area (Å²) >= 11 is 0. The molecule has 1 saturated carbocycles. The summed E-state index contributed by atoms with van der Waals surface area (Å²) in [6.07, 6.45) is 2.37. The van der Waals surface area contributed by atoms with Crippen LogP contribution in [0.1, 0.15) is 38.2 Å². The van der Waals surface area contributed by atoms with E-state index in [2.05, 4.69) is 25.2 Å². The van der Waals surface area contributed by atoms with E-state index in [1.807, 2.05) is 6.07 Å². The van der Waals surface area contributed by atoms with Crippen LogP contribution in [-0.4, -0.2) is 12.6 Å². The standard InChI is InChI=1S/C14H20FN/c1-3-16-14-8-7-13(10(14)2)11-5-4-6-12(15)9-11/h4-6,9-10,13-14,16H,3,7-8H2,1-2H3. The predicted molar refractivity (Wildman–Crippen MR) is 65.0 cm³/mol. The van der Waals surface area contributed by atoms with Crippen LogP contribution in [0.4, 0.5) is 4.39 Å². The lowest BCUT2D eigenvalue weighted by molar-refractivity contribution is 0.411. The van der Waals surface area contributed by atoms with Gasteiger partial charge in [0.15, 0.2) is 0 Å². The summed E-state index contributed by atoms with van der Waals surface area (Å²) in [5.74, 6) is 0.998. The highest BCUT2D eigenvalue weighted by atomic mass is 19.1. The molecule has 1 N–H and O–H groups in total. The third-order valence-electron chi connectivity index (χ3n) is 3.80. The van der Waals surface area contributed by atoms with E-state index in [-0.39, 0.29) is 5.82 Å². The van der Waals surface area contributed by atoms with Crippen LogP contribution >= 0.6 is 0 Å². The first-order valence-electron chi connectivity index (χ1n) is 6.21. The average Bonchev–Trinajstić information content (AvgIpc) is 2.61. The number of halogens is 1. The largest absolute Gasteiger partial charge is 0.314 e. The van der Waals surface area contributed by atoms with Crippen molar-refractivity contribution in [3.63, 3.8) is 0 Å². The molecule has 1 aliphatic carbocycles. The van der Waals surface area contributed by atoms with Gasteiger partial charge in [-0.25, -0.2) is 4.39 Å². The Morgan fingerprint density at radius 3 is 2.88 bits per heavy atom. The summed E-state index contributed by atoms with van der Waals surface area (Å²) in [6, 6.07) is 7.68. The van der Waals surface area contributed by atoms with Crippen LogP contribution in [0.3, 0.4) is 0 Å². The fraction of sp³-hybridized carbons (Fsp3) is 0.571. The predicted octanol–water partition coefficient (Wildman–Crippen LogP) is 3.32. The molecule has 0 spiro atoms. The molecule has 0 radical (unpaired) electrons. The lowest BCUT2D eigenvalue weighted by Gasteiger charge is -2.21. The summed E-state index contributed by atoms with van der Waals surface area (Å²) in [5.41, 5.74) is 1.16. The number of nitrogens with one attached hydrogen (secondary N) is 1. The Labute approximate surface area is 97.1 Å². The van der Waals surface area contributed by atoms with E-state index in [4.69, 9.17) is 0 Å². The fourth-order valence-corrected chi connectivity index (χ4v) is 2.92. The highest BCUT2D eigenvalue weighted by Crippen LogP contribution is 2.39. The van der Waals surface area contributed by atoms with E-state index in [9.17, 15) is 4.39 Å². The van der Waals surface area contributed by atoms with Gasteiger partial charge in [-0.2, -0.15) is 0 Å². The Hall–Kier alpha value is -0.890. The second-order valence-corrected chi connectivity index (χ2v) is 4.76. The number of benzene rings is 1. The molecule has 2 rings (SSSR count). The van der Waals surface area contributed by atoms with Gasteiger partial charge in [0.05, 0.1) is 0 Å². The van der Waals surface area contributed by atoms with Gasteiger partial charge in [-0.05, 0) is 48.9 Å². The Bertz CT molecular complexity index is 350. The summed E-state index contributed by atoms with van der Waals surface area (Å²) in [4.78, 5) is 0. The first-order chi connectivity index (χ1) is 7.72. The highest BCUT2D eigenvalue weighted by molar-refractivity contribution is 5.23. The van der Waals surface area contributed by atoms with Gasteiger partial charge < -0.3 is 5.32 Å². The molecule has 88 valence electrons. The van der Waals surface area contributed by atoms with Crippen molar-refractivity contribution in [2.75, 3.05) is 6.54 Å². The second kappa shape index (κ2) is 4.96. The van der Waals surface area contributed by atoms with Crippen molar-refractivity contribution < 1.29 is 4.39 Å². The van der Waals surface area contributed by atoms with Gasteiger partial charge in [0, 0.05) is 6.04 Å². The van der Waals surface area contributed by atoms with Crippen molar-refractivity contribution >= 4 is 0 Å². The van der Waals surface area contributed by atoms with E-state index >= 15 is 0 Å². The van der Waals surface area contributed by atoms with Gasteiger partial charge in [0.25, 0.3) is 0 Å². The zero-order chi connectivity index (χ0) is 11.5. The van der Waals surface area contributed by atoms with E-state index in [0.717, 1.165) is 12.1 Å². The van der Waals surface area contributed by atoms with E-state index < -0.39 is 0 Å². The van der Waals surface area contributed by atoms with Crippen LogP contribution in [0.25, 0.3) is 0 Å². The quantitative estimate of drug-likeness (QED) is 0.825. The number of rotatable bonds is 3. The van der Waals surface area contributed by atoms with E-state index in [1.54, 1.807) is 6.07 Å².